The number of hydroxylamine groups is 2. The van der Waals surface area contributed by atoms with Crippen molar-refractivity contribution < 1.29 is 65.4 Å². The highest BCUT2D eigenvalue weighted by atomic mass is 32.2. The molecule has 320 valence electrons. The van der Waals surface area contributed by atoms with Crippen molar-refractivity contribution in [3.63, 3.8) is 0 Å². The normalized spacial score (nSPS) is 20.8. The Bertz CT molecular complexity index is 1810. The van der Waals surface area contributed by atoms with Crippen LogP contribution in [0, 0.1) is 11.8 Å². The minimum Gasteiger partial charge on any atom is -0.497 e. The highest BCUT2D eigenvalue weighted by Gasteiger charge is 2.42. The molecule has 0 bridgehead atoms. The van der Waals surface area contributed by atoms with Gasteiger partial charge in [-0.25, -0.2) is 37.4 Å². The molecule has 0 aliphatic carbocycles. The zero-order valence-electron chi connectivity index (χ0n) is 32.8. The Morgan fingerprint density at radius 1 is 0.638 bits per heavy atom. The fraction of sp³-hybridized carbons (Fsp3) is 0.474. The van der Waals surface area contributed by atoms with Crippen LogP contribution in [0.3, 0.4) is 0 Å². The van der Waals surface area contributed by atoms with Gasteiger partial charge >= 0.3 is 11.9 Å². The van der Waals surface area contributed by atoms with Crippen molar-refractivity contribution in [2.45, 2.75) is 74.2 Å². The first-order valence-corrected chi connectivity index (χ1v) is 21.5. The van der Waals surface area contributed by atoms with Crippen LogP contribution >= 0.6 is 0 Å². The number of carbonyl (C=O) groups is 4. The number of carbonyl (C=O) groups excluding carboxylic acids is 4. The lowest BCUT2D eigenvalue weighted by atomic mass is 9.94. The smallest absolute Gasteiger partial charge is 0.330 e. The van der Waals surface area contributed by atoms with E-state index in [2.05, 4.69) is 0 Å². The number of ether oxygens (including phenoxy) is 4. The molecule has 0 aromatic heterocycles. The number of sulfonamides is 2. The zero-order chi connectivity index (χ0) is 42.9. The van der Waals surface area contributed by atoms with Gasteiger partial charge in [0, 0.05) is 37.1 Å². The molecule has 2 aromatic carbocycles. The van der Waals surface area contributed by atoms with E-state index in [4.69, 9.17) is 18.9 Å². The first-order valence-electron chi connectivity index (χ1n) is 18.6. The number of esters is 2. The minimum absolute atomic E-state index is 0.00376. The monoisotopic (exact) mass is 852 g/mol. The second-order valence-corrected chi connectivity index (χ2v) is 16.7. The Morgan fingerprint density at radius 3 is 1.28 bits per heavy atom. The van der Waals surface area contributed by atoms with Gasteiger partial charge in [0.05, 0.1) is 37.2 Å². The maximum atomic E-state index is 13.3. The molecule has 2 heterocycles. The summed E-state index contributed by atoms with van der Waals surface area (Å²) in [6.45, 7) is 3.95. The molecule has 58 heavy (non-hydrogen) atoms. The molecule has 0 spiro atoms. The molecule has 2 aliphatic heterocycles. The molecule has 4 atom stereocenters. The van der Waals surface area contributed by atoms with Crippen molar-refractivity contribution in [3.8, 4) is 11.5 Å². The second kappa shape index (κ2) is 22.9. The first kappa shape index (κ1) is 47.5. The zero-order valence-corrected chi connectivity index (χ0v) is 34.4. The molecule has 0 saturated carbocycles. The Balaban J connectivity index is 0.000000310. The fourth-order valence-electron chi connectivity index (χ4n) is 6.59. The van der Waals surface area contributed by atoms with Crippen LogP contribution in [-0.4, -0.2) is 112 Å². The van der Waals surface area contributed by atoms with Gasteiger partial charge in [-0.05, 0) is 88.1 Å². The van der Waals surface area contributed by atoms with Crippen molar-refractivity contribution in [1.29, 1.82) is 0 Å². The molecular weight excluding hydrogens is 801 g/mol. The summed E-state index contributed by atoms with van der Waals surface area (Å²) in [6, 6.07) is 9.25. The third-order valence-corrected chi connectivity index (χ3v) is 13.2. The number of hydrogen-bond donors (Lipinski definition) is 4. The molecular formula is C38H52N4O14S2. The molecule has 20 heteroatoms. The van der Waals surface area contributed by atoms with Crippen LogP contribution in [-0.2, 0) is 48.7 Å². The Kier molecular flexibility index (Phi) is 18.8. The molecule has 2 amide bonds. The summed E-state index contributed by atoms with van der Waals surface area (Å²) < 4.78 is 75.0. The van der Waals surface area contributed by atoms with Crippen molar-refractivity contribution in [2.24, 2.45) is 11.8 Å². The van der Waals surface area contributed by atoms with Gasteiger partial charge in [0.15, 0.2) is 0 Å². The largest absolute Gasteiger partial charge is 0.497 e. The summed E-state index contributed by atoms with van der Waals surface area (Å²) in [7, 11) is -5.14. The average Bonchev–Trinajstić information content (AvgIpc) is 3.59. The molecule has 2 saturated heterocycles. The molecule has 2 aromatic rings. The summed E-state index contributed by atoms with van der Waals surface area (Å²) in [6.07, 6.45) is 8.65. The highest BCUT2D eigenvalue weighted by Crippen LogP contribution is 2.32. The maximum absolute atomic E-state index is 13.3. The van der Waals surface area contributed by atoms with Gasteiger partial charge in [0.2, 0.25) is 20.0 Å². The van der Waals surface area contributed by atoms with Crippen LogP contribution in [0.2, 0.25) is 0 Å². The van der Waals surface area contributed by atoms with E-state index in [0.717, 1.165) is 8.61 Å². The van der Waals surface area contributed by atoms with Crippen molar-refractivity contribution in [2.75, 3.05) is 40.5 Å². The van der Waals surface area contributed by atoms with Gasteiger partial charge in [0.25, 0.3) is 11.8 Å². The van der Waals surface area contributed by atoms with Crippen LogP contribution in [0.1, 0.15) is 52.4 Å². The number of nitrogens with one attached hydrogen (secondary N) is 2. The summed E-state index contributed by atoms with van der Waals surface area (Å²) in [5, 5.41) is 18.5. The molecule has 4 rings (SSSR count). The predicted octanol–water partition coefficient (Wildman–Crippen LogP) is 2.96. The molecule has 4 unspecified atom stereocenters. The van der Waals surface area contributed by atoms with Gasteiger partial charge in [-0.2, -0.15) is 8.61 Å². The maximum Gasteiger partial charge on any atom is 0.330 e. The Labute approximate surface area is 338 Å². The number of amides is 2. The number of nitrogens with zero attached hydrogens (tertiary/aromatic N) is 2. The van der Waals surface area contributed by atoms with E-state index in [1.54, 1.807) is 24.8 Å². The van der Waals surface area contributed by atoms with Crippen molar-refractivity contribution in [3.05, 3.63) is 72.8 Å². The van der Waals surface area contributed by atoms with Gasteiger partial charge in [-0.3, -0.25) is 20.0 Å². The van der Waals surface area contributed by atoms with Crippen LogP contribution in [0.25, 0.3) is 0 Å². The van der Waals surface area contributed by atoms with E-state index in [0.29, 0.717) is 50.0 Å². The van der Waals surface area contributed by atoms with Gasteiger partial charge in [0.1, 0.15) is 23.6 Å². The molecule has 4 N–H and O–H groups in total. The van der Waals surface area contributed by atoms with Crippen LogP contribution in [0.15, 0.2) is 82.6 Å². The van der Waals surface area contributed by atoms with Crippen molar-refractivity contribution >= 4 is 43.8 Å². The third-order valence-electron chi connectivity index (χ3n) is 9.39. The molecule has 2 fully saturated rings. The standard InChI is InChI=1S/2C19H26N2O7S/c2*1-3-28-17(22)12-7-14-6-4-5-13-21(18(14)19(23)20-24)29(25,26)16-10-8-15(27-2)9-11-16/h2*7-12,14,18,24H,3-6,13H2,1-2H3,(H,20,23). The van der Waals surface area contributed by atoms with Crippen LogP contribution < -0.4 is 20.4 Å². The SMILES string of the molecule is CCOC(=O)C=CC1CCCCN(S(=O)(=O)c2ccc(OC)cc2)C1C(=O)NO.CCOC(=O)C=CC1CCCCN(S(=O)(=O)c2ccc(OC)cc2)C1C(=O)NO. The first-order chi connectivity index (χ1) is 27.7. The topological polar surface area (TPSA) is 244 Å². The van der Waals surface area contributed by atoms with E-state index < -0.39 is 67.7 Å². The fourth-order valence-corrected chi connectivity index (χ4v) is 9.94. The van der Waals surface area contributed by atoms with E-state index in [-0.39, 0.29) is 36.1 Å². The van der Waals surface area contributed by atoms with E-state index in [9.17, 15) is 46.4 Å². The van der Waals surface area contributed by atoms with Crippen LogP contribution in [0.5, 0.6) is 11.5 Å². The van der Waals surface area contributed by atoms with E-state index in [1.165, 1.54) is 87.1 Å². The lowest BCUT2D eigenvalue weighted by Crippen LogP contribution is -2.51. The molecule has 2 aliphatic rings. The van der Waals surface area contributed by atoms with Gasteiger partial charge < -0.3 is 18.9 Å². The van der Waals surface area contributed by atoms with Crippen molar-refractivity contribution in [1.82, 2.24) is 19.6 Å². The highest BCUT2D eigenvalue weighted by molar-refractivity contribution is 7.89. The lowest BCUT2D eigenvalue weighted by Gasteiger charge is -2.31. The van der Waals surface area contributed by atoms with Gasteiger partial charge in [-0.1, -0.05) is 25.0 Å². The quantitative estimate of drug-likeness (QED) is 0.0925. The lowest BCUT2D eigenvalue weighted by molar-refractivity contribution is -0.138. The third kappa shape index (κ3) is 12.6. The number of rotatable bonds is 14. The summed E-state index contributed by atoms with van der Waals surface area (Å²) in [4.78, 5) is 48.3. The number of benzene rings is 2. The average molecular weight is 853 g/mol. The second-order valence-electron chi connectivity index (χ2n) is 13.0. The van der Waals surface area contributed by atoms with Gasteiger partial charge in [-0.15, -0.1) is 0 Å². The number of hydrogen-bond acceptors (Lipinski definition) is 14. The Hall–Kier alpha value is -4.86. The molecule has 18 nitrogen and oxygen atoms in total. The Morgan fingerprint density at radius 2 is 0.983 bits per heavy atom. The van der Waals surface area contributed by atoms with Crippen LogP contribution in [0.4, 0.5) is 0 Å². The summed E-state index contributed by atoms with van der Waals surface area (Å²) in [5.74, 6) is -3.09. The minimum atomic E-state index is -4.04. The predicted molar refractivity (Wildman–Crippen MR) is 207 cm³/mol. The van der Waals surface area contributed by atoms with E-state index >= 15 is 0 Å². The summed E-state index contributed by atoms with van der Waals surface area (Å²) in [5.41, 5.74) is 3.12. The van der Waals surface area contributed by atoms with E-state index in [1.807, 2.05) is 0 Å². The summed E-state index contributed by atoms with van der Waals surface area (Å²) >= 11 is 0. The molecule has 0 radical (unpaired) electrons. The number of methoxy groups -OCH3 is 2.